The number of nitrogens with one attached hydrogen (secondary N) is 2. The molecule has 0 bridgehead atoms. The van der Waals surface area contributed by atoms with E-state index in [9.17, 15) is 4.79 Å². The van der Waals surface area contributed by atoms with Crippen molar-refractivity contribution in [3.63, 3.8) is 0 Å². The van der Waals surface area contributed by atoms with Crippen LogP contribution in [-0.4, -0.2) is 10.9 Å². The van der Waals surface area contributed by atoms with Crippen molar-refractivity contribution in [2.24, 2.45) is 0 Å². The van der Waals surface area contributed by atoms with Gasteiger partial charge in [-0.05, 0) is 30.2 Å². The molecule has 0 aliphatic heterocycles. The predicted molar refractivity (Wildman–Crippen MR) is 115 cm³/mol. The van der Waals surface area contributed by atoms with Gasteiger partial charge in [-0.3, -0.25) is 4.79 Å². The summed E-state index contributed by atoms with van der Waals surface area (Å²) in [5.74, 6) is 0.0678. The van der Waals surface area contributed by atoms with E-state index < -0.39 is 0 Å². The standard InChI is InChI=1S/C24H22N2OS/c27-23(25-17-18-9-3-1-4-10-18)16-15-22-24(28-19-11-5-2-6-12-19)20-13-7-8-14-21(20)26-22/h1-14,26H,15-17H2,(H,25,27). The van der Waals surface area contributed by atoms with Crippen LogP contribution >= 0.6 is 11.8 Å². The van der Waals surface area contributed by atoms with E-state index in [1.807, 2.05) is 54.6 Å². The average Bonchev–Trinajstić information content (AvgIpc) is 3.10. The number of benzene rings is 3. The number of amides is 1. The molecule has 0 aliphatic carbocycles. The fourth-order valence-corrected chi connectivity index (χ4v) is 4.29. The van der Waals surface area contributed by atoms with Crippen molar-refractivity contribution in [2.75, 3.05) is 0 Å². The molecule has 1 heterocycles. The summed E-state index contributed by atoms with van der Waals surface area (Å²) in [5.41, 5.74) is 3.34. The fourth-order valence-electron chi connectivity index (χ4n) is 3.19. The lowest BCUT2D eigenvalue weighted by Gasteiger charge is -2.07. The lowest BCUT2D eigenvalue weighted by molar-refractivity contribution is -0.121. The number of H-pyrrole nitrogens is 1. The number of para-hydroxylation sites is 1. The van der Waals surface area contributed by atoms with E-state index >= 15 is 0 Å². The summed E-state index contributed by atoms with van der Waals surface area (Å²) in [4.78, 5) is 18.3. The van der Waals surface area contributed by atoms with E-state index in [1.165, 1.54) is 15.2 Å². The summed E-state index contributed by atoms with van der Waals surface area (Å²) >= 11 is 1.75. The van der Waals surface area contributed by atoms with Gasteiger partial charge in [-0.1, -0.05) is 78.5 Å². The highest BCUT2D eigenvalue weighted by atomic mass is 32.2. The van der Waals surface area contributed by atoms with Gasteiger partial charge in [0.2, 0.25) is 5.91 Å². The van der Waals surface area contributed by atoms with Crippen LogP contribution in [0.25, 0.3) is 10.9 Å². The first-order valence-corrected chi connectivity index (χ1v) is 10.2. The number of carbonyl (C=O) groups is 1. The number of hydrogen-bond donors (Lipinski definition) is 2. The van der Waals surface area contributed by atoms with Gasteiger partial charge in [0.1, 0.15) is 0 Å². The molecule has 0 saturated carbocycles. The first kappa shape index (κ1) is 18.4. The Morgan fingerprint density at radius 1 is 0.857 bits per heavy atom. The summed E-state index contributed by atoms with van der Waals surface area (Å²) in [6.07, 6.45) is 1.15. The van der Waals surface area contributed by atoms with Crippen molar-refractivity contribution >= 4 is 28.6 Å². The van der Waals surface area contributed by atoms with E-state index in [2.05, 4.69) is 40.6 Å². The van der Waals surface area contributed by atoms with Crippen LogP contribution in [0.15, 0.2) is 94.7 Å². The number of aromatic amines is 1. The SMILES string of the molecule is O=C(CCc1[nH]c2ccccc2c1Sc1ccccc1)NCc1ccccc1. The minimum Gasteiger partial charge on any atom is -0.357 e. The van der Waals surface area contributed by atoms with Gasteiger partial charge in [-0.25, -0.2) is 0 Å². The normalized spacial score (nSPS) is 10.9. The number of carbonyl (C=O) groups excluding carboxylic acids is 1. The molecule has 3 aromatic carbocycles. The molecule has 1 amide bonds. The van der Waals surface area contributed by atoms with Crippen LogP contribution < -0.4 is 5.32 Å². The Kier molecular flexibility index (Phi) is 5.78. The smallest absolute Gasteiger partial charge is 0.220 e. The van der Waals surface area contributed by atoms with Crippen LogP contribution in [-0.2, 0) is 17.8 Å². The van der Waals surface area contributed by atoms with E-state index in [0.29, 0.717) is 19.4 Å². The molecule has 4 rings (SSSR count). The van der Waals surface area contributed by atoms with Crippen molar-refractivity contribution in [1.82, 2.24) is 10.3 Å². The second-order valence-corrected chi connectivity index (χ2v) is 7.74. The van der Waals surface area contributed by atoms with Crippen molar-refractivity contribution in [2.45, 2.75) is 29.2 Å². The third-order valence-electron chi connectivity index (χ3n) is 4.63. The maximum absolute atomic E-state index is 12.3. The molecule has 0 unspecified atom stereocenters. The van der Waals surface area contributed by atoms with Crippen LogP contribution in [0.5, 0.6) is 0 Å². The number of aryl methyl sites for hydroxylation is 1. The summed E-state index contributed by atoms with van der Waals surface area (Å²) in [6.45, 7) is 0.567. The molecule has 0 fully saturated rings. The molecule has 3 nitrogen and oxygen atoms in total. The molecule has 4 heteroatoms. The highest BCUT2D eigenvalue weighted by Gasteiger charge is 2.14. The summed E-state index contributed by atoms with van der Waals surface area (Å²) in [6, 6.07) is 28.7. The Labute approximate surface area is 169 Å². The summed E-state index contributed by atoms with van der Waals surface area (Å²) in [5, 5.41) is 4.22. The van der Waals surface area contributed by atoms with Crippen LogP contribution in [0.4, 0.5) is 0 Å². The summed E-state index contributed by atoms with van der Waals surface area (Å²) < 4.78 is 0. The van der Waals surface area contributed by atoms with Crippen LogP contribution in [0.3, 0.4) is 0 Å². The molecule has 2 N–H and O–H groups in total. The molecular weight excluding hydrogens is 364 g/mol. The first-order chi connectivity index (χ1) is 13.8. The second kappa shape index (κ2) is 8.81. The number of aromatic nitrogens is 1. The second-order valence-electron chi connectivity index (χ2n) is 6.66. The van der Waals surface area contributed by atoms with Gasteiger partial charge in [-0.15, -0.1) is 0 Å². The zero-order chi connectivity index (χ0) is 19.2. The number of hydrogen-bond acceptors (Lipinski definition) is 2. The molecule has 0 atom stereocenters. The van der Waals surface area contributed by atoms with Gasteiger partial charge in [0.25, 0.3) is 0 Å². The minimum atomic E-state index is 0.0678. The van der Waals surface area contributed by atoms with Crippen LogP contribution in [0.2, 0.25) is 0 Å². The van der Waals surface area contributed by atoms with Crippen molar-refractivity contribution in [3.8, 4) is 0 Å². The molecule has 0 spiro atoms. The molecule has 4 aromatic rings. The van der Waals surface area contributed by atoms with E-state index in [1.54, 1.807) is 11.8 Å². The first-order valence-electron chi connectivity index (χ1n) is 9.43. The number of fused-ring (bicyclic) bond motifs is 1. The molecule has 0 radical (unpaired) electrons. The zero-order valence-corrected chi connectivity index (χ0v) is 16.3. The average molecular weight is 387 g/mol. The van der Waals surface area contributed by atoms with Gasteiger partial charge < -0.3 is 10.3 Å². The van der Waals surface area contributed by atoms with Gasteiger partial charge >= 0.3 is 0 Å². The predicted octanol–water partition coefficient (Wildman–Crippen LogP) is 5.57. The largest absolute Gasteiger partial charge is 0.357 e. The van der Waals surface area contributed by atoms with Crippen LogP contribution in [0, 0.1) is 0 Å². The molecule has 0 aliphatic rings. The van der Waals surface area contributed by atoms with Gasteiger partial charge in [0.05, 0.1) is 0 Å². The maximum atomic E-state index is 12.3. The van der Waals surface area contributed by atoms with Crippen LogP contribution in [0.1, 0.15) is 17.7 Å². The van der Waals surface area contributed by atoms with E-state index in [0.717, 1.165) is 16.8 Å². The zero-order valence-electron chi connectivity index (χ0n) is 15.5. The third-order valence-corrected chi connectivity index (χ3v) is 5.81. The topological polar surface area (TPSA) is 44.9 Å². The molecule has 28 heavy (non-hydrogen) atoms. The summed E-state index contributed by atoms with van der Waals surface area (Å²) in [7, 11) is 0. The Bertz CT molecular complexity index is 1060. The lowest BCUT2D eigenvalue weighted by atomic mass is 10.2. The molecule has 0 saturated heterocycles. The minimum absolute atomic E-state index is 0.0678. The Balaban J connectivity index is 1.47. The monoisotopic (exact) mass is 386 g/mol. The van der Waals surface area contributed by atoms with E-state index in [-0.39, 0.29) is 5.91 Å². The lowest BCUT2D eigenvalue weighted by Crippen LogP contribution is -2.23. The molecule has 1 aromatic heterocycles. The maximum Gasteiger partial charge on any atom is 0.220 e. The van der Waals surface area contributed by atoms with Gasteiger partial charge in [0, 0.05) is 39.4 Å². The quantitative estimate of drug-likeness (QED) is 0.436. The third kappa shape index (κ3) is 4.46. The van der Waals surface area contributed by atoms with Gasteiger partial charge in [0.15, 0.2) is 0 Å². The highest BCUT2D eigenvalue weighted by molar-refractivity contribution is 7.99. The molecule has 140 valence electrons. The number of rotatable bonds is 7. The van der Waals surface area contributed by atoms with Crippen molar-refractivity contribution in [3.05, 3.63) is 96.2 Å². The van der Waals surface area contributed by atoms with E-state index in [4.69, 9.17) is 0 Å². The Hall–Kier alpha value is -2.98. The highest BCUT2D eigenvalue weighted by Crippen LogP contribution is 2.37. The Morgan fingerprint density at radius 2 is 1.54 bits per heavy atom. The Morgan fingerprint density at radius 3 is 2.32 bits per heavy atom. The van der Waals surface area contributed by atoms with Gasteiger partial charge in [-0.2, -0.15) is 0 Å². The fraction of sp³-hybridized carbons (Fsp3) is 0.125. The van der Waals surface area contributed by atoms with Crippen molar-refractivity contribution < 1.29 is 4.79 Å². The van der Waals surface area contributed by atoms with Crippen molar-refractivity contribution in [1.29, 1.82) is 0 Å². The molecular formula is C24H22N2OS.